The smallest absolute Gasteiger partial charge is 0.251 e. The van der Waals surface area contributed by atoms with E-state index in [2.05, 4.69) is 15.3 Å². The Bertz CT molecular complexity index is 764. The molecule has 5 heteroatoms. The monoisotopic (exact) mass is 339 g/mol. The number of nitrogens with zero attached hydrogens (tertiary/aromatic N) is 1. The number of carbonyl (C=O) groups excluding carboxylic acids is 1. The predicted octanol–water partition coefficient (Wildman–Crippen LogP) is 3.06. The van der Waals surface area contributed by atoms with Crippen LogP contribution in [0.2, 0.25) is 0 Å². The zero-order chi connectivity index (χ0) is 17.6. The number of rotatable bonds is 5. The van der Waals surface area contributed by atoms with Gasteiger partial charge in [-0.3, -0.25) is 9.59 Å². The van der Waals surface area contributed by atoms with Crippen LogP contribution in [0.3, 0.4) is 0 Å². The van der Waals surface area contributed by atoms with Crippen LogP contribution >= 0.6 is 0 Å². The molecule has 0 aliphatic heterocycles. The van der Waals surface area contributed by atoms with E-state index in [0.717, 1.165) is 31.2 Å². The van der Waals surface area contributed by atoms with Gasteiger partial charge in [-0.2, -0.15) is 0 Å². The highest BCUT2D eigenvalue weighted by molar-refractivity contribution is 5.79. The SMILES string of the molecule is Cc1nc(C[C@H](NC(=O)C2CCCCC2)c2ccccc2)cc(=O)[nH]1. The summed E-state index contributed by atoms with van der Waals surface area (Å²) in [4.78, 5) is 31.5. The average Bonchev–Trinajstić information content (AvgIpc) is 2.62. The van der Waals surface area contributed by atoms with Crippen molar-refractivity contribution < 1.29 is 4.79 Å². The van der Waals surface area contributed by atoms with Crippen molar-refractivity contribution in [1.29, 1.82) is 0 Å². The minimum atomic E-state index is -0.177. The Kier molecular flexibility index (Phi) is 5.64. The largest absolute Gasteiger partial charge is 0.349 e. The van der Waals surface area contributed by atoms with Gasteiger partial charge in [0.15, 0.2) is 0 Å². The van der Waals surface area contributed by atoms with Gasteiger partial charge in [-0.15, -0.1) is 0 Å². The fourth-order valence-electron chi connectivity index (χ4n) is 3.55. The van der Waals surface area contributed by atoms with Gasteiger partial charge in [0.05, 0.1) is 11.7 Å². The number of carbonyl (C=O) groups is 1. The lowest BCUT2D eigenvalue weighted by atomic mass is 9.88. The van der Waals surface area contributed by atoms with Crippen molar-refractivity contribution in [1.82, 2.24) is 15.3 Å². The number of nitrogens with one attached hydrogen (secondary N) is 2. The topological polar surface area (TPSA) is 74.8 Å². The lowest BCUT2D eigenvalue weighted by molar-refractivity contribution is -0.126. The molecule has 2 aromatic rings. The quantitative estimate of drug-likeness (QED) is 0.879. The minimum Gasteiger partial charge on any atom is -0.349 e. The minimum absolute atomic E-state index is 0.105. The first-order chi connectivity index (χ1) is 12.1. The highest BCUT2D eigenvalue weighted by atomic mass is 16.2. The zero-order valence-electron chi connectivity index (χ0n) is 14.6. The van der Waals surface area contributed by atoms with E-state index in [1.54, 1.807) is 6.92 Å². The molecule has 25 heavy (non-hydrogen) atoms. The predicted molar refractivity (Wildman–Crippen MR) is 97.2 cm³/mol. The van der Waals surface area contributed by atoms with Crippen LogP contribution in [-0.4, -0.2) is 15.9 Å². The van der Waals surface area contributed by atoms with E-state index in [4.69, 9.17) is 0 Å². The number of hydrogen-bond acceptors (Lipinski definition) is 3. The lowest BCUT2D eigenvalue weighted by Gasteiger charge is -2.25. The Labute approximate surface area is 147 Å². The van der Waals surface area contributed by atoms with Crippen LogP contribution in [0.1, 0.15) is 55.2 Å². The van der Waals surface area contributed by atoms with E-state index in [9.17, 15) is 9.59 Å². The number of hydrogen-bond donors (Lipinski definition) is 2. The lowest BCUT2D eigenvalue weighted by Crippen LogP contribution is -2.36. The second-order valence-corrected chi connectivity index (χ2v) is 6.83. The van der Waals surface area contributed by atoms with E-state index < -0.39 is 0 Å². The fraction of sp³-hybridized carbons (Fsp3) is 0.450. The van der Waals surface area contributed by atoms with Gasteiger partial charge in [-0.1, -0.05) is 49.6 Å². The normalized spacial score (nSPS) is 16.4. The second-order valence-electron chi connectivity index (χ2n) is 6.83. The van der Waals surface area contributed by atoms with Crippen LogP contribution in [0.25, 0.3) is 0 Å². The molecule has 1 aromatic heterocycles. The summed E-state index contributed by atoms with van der Waals surface area (Å²) in [6.45, 7) is 1.77. The summed E-state index contributed by atoms with van der Waals surface area (Å²) >= 11 is 0. The summed E-state index contributed by atoms with van der Waals surface area (Å²) in [5.41, 5.74) is 1.57. The summed E-state index contributed by atoms with van der Waals surface area (Å²) in [7, 11) is 0. The van der Waals surface area contributed by atoms with Gasteiger partial charge in [-0.25, -0.2) is 4.98 Å². The third kappa shape index (κ3) is 4.78. The average molecular weight is 339 g/mol. The molecule has 1 aromatic carbocycles. The summed E-state index contributed by atoms with van der Waals surface area (Å²) in [6, 6.07) is 11.2. The first-order valence-corrected chi connectivity index (χ1v) is 9.04. The number of amides is 1. The molecule has 1 aliphatic carbocycles. The van der Waals surface area contributed by atoms with Crippen LogP contribution in [0.4, 0.5) is 0 Å². The van der Waals surface area contributed by atoms with Gasteiger partial charge >= 0.3 is 0 Å². The Hall–Kier alpha value is -2.43. The Morgan fingerprint density at radius 1 is 1.24 bits per heavy atom. The van der Waals surface area contributed by atoms with Crippen molar-refractivity contribution in [3.8, 4) is 0 Å². The Balaban J connectivity index is 1.80. The van der Waals surface area contributed by atoms with Gasteiger partial charge in [0.25, 0.3) is 5.56 Å². The van der Waals surface area contributed by atoms with Crippen LogP contribution in [0.15, 0.2) is 41.2 Å². The third-order valence-electron chi connectivity index (χ3n) is 4.82. The number of aromatic amines is 1. The van der Waals surface area contributed by atoms with Crippen molar-refractivity contribution in [2.45, 2.75) is 51.5 Å². The molecular weight excluding hydrogens is 314 g/mol. The van der Waals surface area contributed by atoms with Crippen LogP contribution < -0.4 is 10.9 Å². The van der Waals surface area contributed by atoms with Crippen molar-refractivity contribution in [3.05, 3.63) is 63.8 Å². The molecule has 1 amide bonds. The zero-order valence-corrected chi connectivity index (χ0v) is 14.6. The Morgan fingerprint density at radius 2 is 1.96 bits per heavy atom. The van der Waals surface area contributed by atoms with Crippen LogP contribution in [0.5, 0.6) is 0 Å². The summed E-state index contributed by atoms with van der Waals surface area (Å²) in [5.74, 6) is 0.817. The van der Waals surface area contributed by atoms with E-state index in [1.165, 1.54) is 12.5 Å². The maximum Gasteiger partial charge on any atom is 0.251 e. The number of aryl methyl sites for hydroxylation is 1. The Morgan fingerprint density at radius 3 is 2.64 bits per heavy atom. The number of benzene rings is 1. The van der Waals surface area contributed by atoms with E-state index >= 15 is 0 Å². The molecule has 1 atom stereocenters. The molecule has 1 heterocycles. The second kappa shape index (κ2) is 8.10. The summed E-state index contributed by atoms with van der Waals surface area (Å²) in [6.07, 6.45) is 5.92. The molecule has 0 bridgehead atoms. The molecule has 0 saturated heterocycles. The first-order valence-electron chi connectivity index (χ1n) is 9.04. The number of H-pyrrole nitrogens is 1. The van der Waals surface area contributed by atoms with Gasteiger partial charge in [0.2, 0.25) is 5.91 Å². The molecule has 132 valence electrons. The highest BCUT2D eigenvalue weighted by Crippen LogP contribution is 2.25. The molecule has 0 spiro atoms. The van der Waals surface area contributed by atoms with Gasteiger partial charge < -0.3 is 10.3 Å². The standard InChI is InChI=1S/C20H25N3O2/c1-14-21-17(13-19(24)22-14)12-18(15-8-4-2-5-9-15)23-20(25)16-10-6-3-7-11-16/h2,4-5,8-9,13,16,18H,3,6-7,10-12H2,1H3,(H,23,25)(H,21,22,24)/t18-/m0/s1. The summed E-state index contributed by atoms with van der Waals surface area (Å²) < 4.78 is 0. The van der Waals surface area contributed by atoms with Crippen molar-refractivity contribution in [2.75, 3.05) is 0 Å². The van der Waals surface area contributed by atoms with Crippen LogP contribution in [-0.2, 0) is 11.2 Å². The van der Waals surface area contributed by atoms with E-state index in [1.807, 2.05) is 30.3 Å². The van der Waals surface area contributed by atoms with Crippen molar-refractivity contribution in [2.24, 2.45) is 5.92 Å². The molecule has 5 nitrogen and oxygen atoms in total. The third-order valence-corrected chi connectivity index (χ3v) is 4.82. The molecule has 1 saturated carbocycles. The van der Waals surface area contributed by atoms with Crippen molar-refractivity contribution in [3.63, 3.8) is 0 Å². The van der Waals surface area contributed by atoms with Gasteiger partial charge in [-0.05, 0) is 25.3 Å². The maximum absolute atomic E-state index is 12.7. The molecule has 0 radical (unpaired) electrons. The van der Waals surface area contributed by atoms with Crippen molar-refractivity contribution >= 4 is 5.91 Å². The van der Waals surface area contributed by atoms with Crippen LogP contribution in [0, 0.1) is 12.8 Å². The molecule has 1 aliphatic rings. The molecule has 0 unspecified atom stereocenters. The van der Waals surface area contributed by atoms with E-state index in [0.29, 0.717) is 17.9 Å². The molecule has 3 rings (SSSR count). The summed E-state index contributed by atoms with van der Waals surface area (Å²) in [5, 5.41) is 3.20. The molecule has 1 fully saturated rings. The van der Waals surface area contributed by atoms with Gasteiger partial charge in [0.1, 0.15) is 5.82 Å². The van der Waals surface area contributed by atoms with E-state index in [-0.39, 0.29) is 23.4 Å². The van der Waals surface area contributed by atoms with Gasteiger partial charge in [0, 0.05) is 18.4 Å². The number of aromatic nitrogens is 2. The fourth-order valence-corrected chi connectivity index (χ4v) is 3.55. The first kappa shape index (κ1) is 17.4. The molecule has 2 N–H and O–H groups in total. The molecular formula is C20H25N3O2. The highest BCUT2D eigenvalue weighted by Gasteiger charge is 2.24. The maximum atomic E-state index is 12.7.